The summed E-state index contributed by atoms with van der Waals surface area (Å²) in [5.74, 6) is 0. The van der Waals surface area contributed by atoms with E-state index in [0.29, 0.717) is 18.8 Å². The van der Waals surface area contributed by atoms with Crippen molar-refractivity contribution in [3.63, 3.8) is 0 Å². The van der Waals surface area contributed by atoms with Crippen LogP contribution in [0.1, 0.15) is 18.9 Å². The number of nitrogens with one attached hydrogen (secondary N) is 1. The number of hydrogen-bond acceptors (Lipinski definition) is 3. The third-order valence-corrected chi connectivity index (χ3v) is 5.15. The minimum absolute atomic E-state index is 0.419. The van der Waals surface area contributed by atoms with E-state index >= 15 is 0 Å². The lowest BCUT2D eigenvalue weighted by atomic mass is 10.2. The molecule has 0 unspecified atom stereocenters. The number of benzene rings is 1. The van der Waals surface area contributed by atoms with E-state index in [0.717, 1.165) is 18.5 Å². The summed E-state index contributed by atoms with van der Waals surface area (Å²) >= 11 is 0. The average molecular weight is 299 g/mol. The zero-order valence-corrected chi connectivity index (χ0v) is 13.6. The maximum absolute atomic E-state index is 12.6. The van der Waals surface area contributed by atoms with Gasteiger partial charge in [0.15, 0.2) is 0 Å². The van der Waals surface area contributed by atoms with Gasteiger partial charge in [-0.1, -0.05) is 12.1 Å². The molecule has 0 fully saturated rings. The highest BCUT2D eigenvalue weighted by atomic mass is 32.2. The molecule has 0 amide bonds. The first-order chi connectivity index (χ1) is 9.43. The molecule has 0 saturated heterocycles. The largest absolute Gasteiger partial charge is 0.320 e. The van der Waals surface area contributed by atoms with Crippen molar-refractivity contribution < 1.29 is 8.42 Å². The molecule has 20 heavy (non-hydrogen) atoms. The summed E-state index contributed by atoms with van der Waals surface area (Å²) < 4.78 is 28.1. The highest BCUT2D eigenvalue weighted by molar-refractivity contribution is 7.90. The molecular formula is C14H25N3O2S. The van der Waals surface area contributed by atoms with Gasteiger partial charge in [-0.15, -0.1) is 0 Å². The van der Waals surface area contributed by atoms with Gasteiger partial charge in [0.1, 0.15) is 0 Å². The molecule has 5 nitrogen and oxygen atoms in total. The molecule has 0 aromatic heterocycles. The Hall–Kier alpha value is -1.11. The third kappa shape index (κ3) is 4.19. The topological polar surface area (TPSA) is 52.7 Å². The second kappa shape index (κ2) is 7.61. The van der Waals surface area contributed by atoms with E-state index in [-0.39, 0.29) is 0 Å². The first kappa shape index (κ1) is 16.9. The van der Waals surface area contributed by atoms with Crippen LogP contribution in [0, 0.1) is 6.92 Å². The van der Waals surface area contributed by atoms with Gasteiger partial charge in [0.2, 0.25) is 0 Å². The van der Waals surface area contributed by atoms with Gasteiger partial charge >= 0.3 is 10.2 Å². The monoisotopic (exact) mass is 299 g/mol. The highest BCUT2D eigenvalue weighted by Crippen LogP contribution is 2.20. The number of rotatable bonds is 8. The van der Waals surface area contributed by atoms with Gasteiger partial charge in [-0.3, -0.25) is 4.31 Å². The summed E-state index contributed by atoms with van der Waals surface area (Å²) in [6, 6.07) is 7.56. The van der Waals surface area contributed by atoms with E-state index in [4.69, 9.17) is 0 Å². The van der Waals surface area contributed by atoms with Crippen LogP contribution in [0.4, 0.5) is 5.69 Å². The second-order valence-corrected chi connectivity index (χ2v) is 6.75. The predicted molar refractivity (Wildman–Crippen MR) is 84.3 cm³/mol. The fourth-order valence-electron chi connectivity index (χ4n) is 2.02. The Labute approximate surface area is 122 Å². The van der Waals surface area contributed by atoms with Crippen LogP contribution in [0.3, 0.4) is 0 Å². The lowest BCUT2D eigenvalue weighted by Crippen LogP contribution is -2.42. The summed E-state index contributed by atoms with van der Waals surface area (Å²) in [6.45, 7) is 5.53. The molecule has 1 N–H and O–H groups in total. The van der Waals surface area contributed by atoms with Crippen molar-refractivity contribution in [1.29, 1.82) is 0 Å². The van der Waals surface area contributed by atoms with Crippen molar-refractivity contribution in [3.8, 4) is 0 Å². The van der Waals surface area contributed by atoms with Gasteiger partial charge in [-0.05, 0) is 51.6 Å². The maximum Gasteiger partial charge on any atom is 0.303 e. The summed E-state index contributed by atoms with van der Waals surface area (Å²) in [6.07, 6.45) is 0.789. The fourth-order valence-corrected chi connectivity index (χ4v) is 3.43. The van der Waals surface area contributed by atoms with Crippen LogP contribution < -0.4 is 9.62 Å². The molecule has 0 aliphatic rings. The minimum Gasteiger partial charge on any atom is -0.320 e. The molecule has 6 heteroatoms. The Morgan fingerprint density at radius 1 is 1.30 bits per heavy atom. The predicted octanol–water partition coefficient (Wildman–Crippen LogP) is 1.61. The number of hydrogen-bond donors (Lipinski definition) is 1. The molecular weight excluding hydrogens is 274 g/mol. The molecule has 0 aliphatic carbocycles. The number of nitrogens with zero attached hydrogens (tertiary/aromatic N) is 2. The van der Waals surface area contributed by atoms with Gasteiger partial charge in [-0.2, -0.15) is 12.7 Å². The summed E-state index contributed by atoms with van der Waals surface area (Å²) in [5.41, 5.74) is 1.77. The summed E-state index contributed by atoms with van der Waals surface area (Å²) in [4.78, 5) is 0. The average Bonchev–Trinajstić information content (AvgIpc) is 2.39. The summed E-state index contributed by atoms with van der Waals surface area (Å²) in [5, 5.41) is 3.02. The molecule has 1 rings (SSSR count). The highest BCUT2D eigenvalue weighted by Gasteiger charge is 2.25. The smallest absolute Gasteiger partial charge is 0.303 e. The van der Waals surface area contributed by atoms with Crippen LogP contribution in [-0.4, -0.2) is 46.5 Å². The van der Waals surface area contributed by atoms with Gasteiger partial charge < -0.3 is 5.32 Å². The quantitative estimate of drug-likeness (QED) is 0.742. The van der Waals surface area contributed by atoms with Crippen molar-refractivity contribution in [3.05, 3.63) is 29.8 Å². The first-order valence-corrected chi connectivity index (χ1v) is 8.28. The number of aryl methyl sites for hydroxylation is 1. The normalized spacial score (nSPS) is 11.8. The zero-order chi connectivity index (χ0) is 15.2. The molecule has 114 valence electrons. The summed E-state index contributed by atoms with van der Waals surface area (Å²) in [7, 11) is 0.0266. The molecule has 0 bridgehead atoms. The van der Waals surface area contributed by atoms with Crippen LogP contribution in [0.25, 0.3) is 0 Å². The standard InChI is InChI=1S/C14H25N3O2S/c1-5-17(14-9-6-8-13(2)12-14)20(18,19)16(4)11-7-10-15-3/h6,8-9,12,15H,5,7,10-11H2,1-4H3. The maximum atomic E-state index is 12.6. The molecule has 0 radical (unpaired) electrons. The van der Waals surface area contributed by atoms with Crippen molar-refractivity contribution >= 4 is 15.9 Å². The number of anilines is 1. The van der Waals surface area contributed by atoms with E-state index in [1.54, 1.807) is 7.05 Å². The van der Waals surface area contributed by atoms with Crippen LogP contribution in [0.15, 0.2) is 24.3 Å². The van der Waals surface area contributed by atoms with Gasteiger partial charge in [-0.25, -0.2) is 0 Å². The fraction of sp³-hybridized carbons (Fsp3) is 0.571. The Morgan fingerprint density at radius 2 is 2.00 bits per heavy atom. The van der Waals surface area contributed by atoms with Gasteiger partial charge in [0.05, 0.1) is 5.69 Å². The second-order valence-electron chi connectivity index (χ2n) is 4.79. The van der Waals surface area contributed by atoms with E-state index < -0.39 is 10.2 Å². The van der Waals surface area contributed by atoms with Crippen LogP contribution in [0.2, 0.25) is 0 Å². The zero-order valence-electron chi connectivity index (χ0n) is 12.8. The molecule has 0 spiro atoms. The van der Waals surface area contributed by atoms with Gasteiger partial charge in [0, 0.05) is 20.1 Å². The molecule has 1 aromatic carbocycles. The molecule has 0 saturated carbocycles. The molecule has 1 aromatic rings. The lowest BCUT2D eigenvalue weighted by Gasteiger charge is -2.28. The van der Waals surface area contributed by atoms with E-state index in [9.17, 15) is 8.42 Å². The van der Waals surface area contributed by atoms with Gasteiger partial charge in [0.25, 0.3) is 0 Å². The van der Waals surface area contributed by atoms with Crippen LogP contribution in [0.5, 0.6) is 0 Å². The Balaban J connectivity index is 2.92. The van der Waals surface area contributed by atoms with Crippen LogP contribution in [-0.2, 0) is 10.2 Å². The van der Waals surface area contributed by atoms with Crippen molar-refractivity contribution in [2.45, 2.75) is 20.3 Å². The van der Waals surface area contributed by atoms with E-state index in [2.05, 4.69) is 5.32 Å². The first-order valence-electron chi connectivity index (χ1n) is 6.88. The molecule has 0 atom stereocenters. The van der Waals surface area contributed by atoms with Crippen molar-refractivity contribution in [1.82, 2.24) is 9.62 Å². The van der Waals surface area contributed by atoms with E-state index in [1.807, 2.05) is 45.2 Å². The SMILES string of the molecule is CCN(c1cccc(C)c1)S(=O)(=O)N(C)CCCNC. The Bertz CT molecular complexity index is 517. The molecule has 0 heterocycles. The Morgan fingerprint density at radius 3 is 2.55 bits per heavy atom. The minimum atomic E-state index is -3.46. The van der Waals surface area contributed by atoms with E-state index in [1.165, 1.54) is 8.61 Å². The van der Waals surface area contributed by atoms with Crippen molar-refractivity contribution in [2.24, 2.45) is 0 Å². The van der Waals surface area contributed by atoms with Crippen molar-refractivity contribution in [2.75, 3.05) is 38.0 Å². The third-order valence-electron chi connectivity index (χ3n) is 3.15. The molecule has 0 aliphatic heterocycles. The Kier molecular flexibility index (Phi) is 6.45. The van der Waals surface area contributed by atoms with Crippen LogP contribution >= 0.6 is 0 Å². The lowest BCUT2D eigenvalue weighted by molar-refractivity contribution is 0.455.